The molecule has 1 aromatic carbocycles. The number of carbonyl (C=O) groups is 1. The second kappa shape index (κ2) is 7.48. The van der Waals surface area contributed by atoms with Gasteiger partial charge >= 0.3 is 0 Å². The summed E-state index contributed by atoms with van der Waals surface area (Å²) in [6, 6.07) is 9.41. The molecule has 1 unspecified atom stereocenters. The number of benzene rings is 1. The van der Waals surface area contributed by atoms with E-state index in [0.717, 1.165) is 21.9 Å². The van der Waals surface area contributed by atoms with Crippen molar-refractivity contribution in [1.82, 2.24) is 5.32 Å². The number of thiophene rings is 1. The minimum Gasteiger partial charge on any atom is -0.484 e. The number of hydrogen-bond acceptors (Lipinski definition) is 3. The van der Waals surface area contributed by atoms with Crippen LogP contribution in [0.5, 0.6) is 5.75 Å². The summed E-state index contributed by atoms with van der Waals surface area (Å²) >= 11 is 7.68. The summed E-state index contributed by atoms with van der Waals surface area (Å²) in [6.45, 7) is 3.99. The van der Waals surface area contributed by atoms with Crippen LogP contribution in [0.25, 0.3) is 0 Å². The van der Waals surface area contributed by atoms with Gasteiger partial charge in [0.2, 0.25) is 0 Å². The highest BCUT2D eigenvalue weighted by molar-refractivity contribution is 7.10. The lowest BCUT2D eigenvalue weighted by atomic mass is 10.1. The number of nitrogens with one attached hydrogen (secondary N) is 1. The van der Waals surface area contributed by atoms with E-state index < -0.39 is 0 Å². The molecule has 1 N–H and O–H groups in total. The first-order valence-corrected chi connectivity index (χ1v) is 8.10. The van der Waals surface area contributed by atoms with Gasteiger partial charge in [0.15, 0.2) is 6.61 Å². The van der Waals surface area contributed by atoms with Crippen LogP contribution in [-0.2, 0) is 11.2 Å². The van der Waals surface area contributed by atoms with Crippen LogP contribution >= 0.6 is 22.9 Å². The Morgan fingerprint density at radius 3 is 2.90 bits per heavy atom. The molecule has 112 valence electrons. The minimum atomic E-state index is -0.135. The van der Waals surface area contributed by atoms with Gasteiger partial charge < -0.3 is 10.1 Å². The molecule has 1 heterocycles. The Morgan fingerprint density at radius 2 is 2.24 bits per heavy atom. The van der Waals surface area contributed by atoms with E-state index in [4.69, 9.17) is 16.3 Å². The van der Waals surface area contributed by atoms with Gasteiger partial charge in [0.1, 0.15) is 5.75 Å². The van der Waals surface area contributed by atoms with Gasteiger partial charge in [0.25, 0.3) is 5.91 Å². The SMILES string of the molecule is CCc1cc(OCC(=O)NC(C)c2cccs2)ccc1Cl. The molecular weight excluding hydrogens is 306 g/mol. The molecule has 0 bridgehead atoms. The lowest BCUT2D eigenvalue weighted by molar-refractivity contribution is -0.123. The lowest BCUT2D eigenvalue weighted by Crippen LogP contribution is -2.30. The van der Waals surface area contributed by atoms with Crippen LogP contribution < -0.4 is 10.1 Å². The molecule has 1 amide bonds. The maximum absolute atomic E-state index is 11.9. The fraction of sp³-hybridized carbons (Fsp3) is 0.312. The molecule has 0 radical (unpaired) electrons. The van der Waals surface area contributed by atoms with Crippen molar-refractivity contribution >= 4 is 28.8 Å². The third-order valence-corrected chi connectivity index (χ3v) is 4.54. The predicted octanol–water partition coefficient (Wildman–Crippen LogP) is 4.22. The van der Waals surface area contributed by atoms with E-state index in [0.29, 0.717) is 5.75 Å². The largest absolute Gasteiger partial charge is 0.484 e. The Labute approximate surface area is 133 Å². The van der Waals surface area contributed by atoms with E-state index in [-0.39, 0.29) is 18.6 Å². The fourth-order valence-electron chi connectivity index (χ4n) is 1.95. The average Bonchev–Trinajstić information content (AvgIpc) is 3.00. The summed E-state index contributed by atoms with van der Waals surface area (Å²) in [4.78, 5) is 13.0. The van der Waals surface area contributed by atoms with Crippen LogP contribution in [-0.4, -0.2) is 12.5 Å². The number of ether oxygens (including phenoxy) is 1. The molecule has 0 fully saturated rings. The smallest absolute Gasteiger partial charge is 0.258 e. The number of rotatable bonds is 6. The minimum absolute atomic E-state index is 0.000498. The van der Waals surface area contributed by atoms with Crippen molar-refractivity contribution in [1.29, 1.82) is 0 Å². The topological polar surface area (TPSA) is 38.3 Å². The maximum atomic E-state index is 11.9. The Hall–Kier alpha value is -1.52. The molecule has 5 heteroatoms. The van der Waals surface area contributed by atoms with Crippen molar-refractivity contribution in [3.8, 4) is 5.75 Å². The number of aryl methyl sites for hydroxylation is 1. The maximum Gasteiger partial charge on any atom is 0.258 e. The molecule has 3 nitrogen and oxygen atoms in total. The van der Waals surface area contributed by atoms with Crippen molar-refractivity contribution in [3.05, 3.63) is 51.2 Å². The van der Waals surface area contributed by atoms with Crippen LogP contribution in [0.3, 0.4) is 0 Å². The van der Waals surface area contributed by atoms with Gasteiger partial charge in [-0.3, -0.25) is 4.79 Å². The first-order valence-electron chi connectivity index (χ1n) is 6.84. The number of hydrogen-bond donors (Lipinski definition) is 1. The predicted molar refractivity (Wildman–Crippen MR) is 87.2 cm³/mol. The number of halogens is 1. The molecule has 0 spiro atoms. The van der Waals surface area contributed by atoms with Crippen LogP contribution in [0.15, 0.2) is 35.7 Å². The van der Waals surface area contributed by atoms with Crippen LogP contribution in [0.4, 0.5) is 0 Å². The lowest BCUT2D eigenvalue weighted by Gasteiger charge is -2.13. The molecule has 2 rings (SSSR count). The first kappa shape index (κ1) is 15.9. The van der Waals surface area contributed by atoms with Crippen molar-refractivity contribution < 1.29 is 9.53 Å². The fourth-order valence-corrected chi connectivity index (χ4v) is 2.94. The Kier molecular flexibility index (Phi) is 5.65. The summed E-state index contributed by atoms with van der Waals surface area (Å²) in [5.41, 5.74) is 1.02. The average molecular weight is 324 g/mol. The summed E-state index contributed by atoms with van der Waals surface area (Å²) in [7, 11) is 0. The van der Waals surface area contributed by atoms with Crippen LogP contribution in [0.2, 0.25) is 5.02 Å². The Morgan fingerprint density at radius 1 is 1.43 bits per heavy atom. The summed E-state index contributed by atoms with van der Waals surface area (Å²) in [5.74, 6) is 0.527. The molecule has 0 saturated carbocycles. The molecule has 1 atom stereocenters. The summed E-state index contributed by atoms with van der Waals surface area (Å²) in [6.07, 6.45) is 0.831. The van der Waals surface area contributed by atoms with E-state index in [1.54, 1.807) is 23.5 Å². The van der Waals surface area contributed by atoms with E-state index in [9.17, 15) is 4.79 Å². The standard InChI is InChI=1S/C16H18ClNO2S/c1-3-12-9-13(6-7-14(12)17)20-10-16(19)18-11(2)15-5-4-8-21-15/h4-9,11H,3,10H2,1-2H3,(H,18,19). The van der Waals surface area contributed by atoms with Crippen molar-refractivity contribution in [2.45, 2.75) is 26.3 Å². The van der Waals surface area contributed by atoms with Crippen molar-refractivity contribution in [3.63, 3.8) is 0 Å². The van der Waals surface area contributed by atoms with Crippen molar-refractivity contribution in [2.24, 2.45) is 0 Å². The monoisotopic (exact) mass is 323 g/mol. The van der Waals surface area contributed by atoms with Crippen molar-refractivity contribution in [2.75, 3.05) is 6.61 Å². The highest BCUT2D eigenvalue weighted by atomic mass is 35.5. The van der Waals surface area contributed by atoms with Crippen LogP contribution in [0.1, 0.15) is 30.3 Å². The van der Waals surface area contributed by atoms with Gasteiger partial charge in [-0.25, -0.2) is 0 Å². The summed E-state index contributed by atoms with van der Waals surface area (Å²) < 4.78 is 5.52. The zero-order valence-electron chi connectivity index (χ0n) is 12.1. The highest BCUT2D eigenvalue weighted by Crippen LogP contribution is 2.22. The molecule has 0 aliphatic carbocycles. The molecule has 0 aliphatic heterocycles. The number of amides is 1. The Balaban J connectivity index is 1.86. The van der Waals surface area contributed by atoms with E-state index in [1.165, 1.54) is 0 Å². The van der Waals surface area contributed by atoms with Gasteiger partial charge in [-0.1, -0.05) is 24.6 Å². The van der Waals surface area contributed by atoms with E-state index in [2.05, 4.69) is 5.32 Å². The van der Waals surface area contributed by atoms with Gasteiger partial charge in [0.05, 0.1) is 6.04 Å². The van der Waals surface area contributed by atoms with Gasteiger partial charge in [0, 0.05) is 9.90 Å². The van der Waals surface area contributed by atoms with E-state index >= 15 is 0 Å². The van der Waals surface area contributed by atoms with Gasteiger partial charge in [-0.15, -0.1) is 11.3 Å². The third kappa shape index (κ3) is 4.48. The molecular formula is C16H18ClNO2S. The van der Waals surface area contributed by atoms with Crippen LogP contribution in [0, 0.1) is 0 Å². The highest BCUT2D eigenvalue weighted by Gasteiger charge is 2.11. The zero-order valence-corrected chi connectivity index (χ0v) is 13.6. The second-order valence-electron chi connectivity index (χ2n) is 4.70. The van der Waals surface area contributed by atoms with E-state index in [1.807, 2.05) is 37.4 Å². The number of carbonyl (C=O) groups excluding carboxylic acids is 1. The first-order chi connectivity index (χ1) is 10.1. The van der Waals surface area contributed by atoms with Gasteiger partial charge in [-0.2, -0.15) is 0 Å². The third-order valence-electron chi connectivity index (χ3n) is 3.12. The zero-order chi connectivity index (χ0) is 15.2. The Bertz CT molecular complexity index is 598. The summed E-state index contributed by atoms with van der Waals surface area (Å²) in [5, 5.41) is 5.63. The molecule has 1 aromatic heterocycles. The van der Waals surface area contributed by atoms with Gasteiger partial charge in [-0.05, 0) is 48.6 Å². The second-order valence-corrected chi connectivity index (χ2v) is 6.09. The molecule has 21 heavy (non-hydrogen) atoms. The normalized spacial score (nSPS) is 12.0. The molecule has 2 aromatic rings. The quantitative estimate of drug-likeness (QED) is 0.864. The molecule has 0 saturated heterocycles. The molecule has 0 aliphatic rings.